The zero-order chi connectivity index (χ0) is 21.8. The predicted octanol–water partition coefficient (Wildman–Crippen LogP) is 3.36. The van der Waals surface area contributed by atoms with Crippen LogP contribution in [0.1, 0.15) is 21.5 Å². The molecule has 158 valence electrons. The third kappa shape index (κ3) is 4.72. The summed E-state index contributed by atoms with van der Waals surface area (Å²) in [7, 11) is 0. The maximum Gasteiger partial charge on any atom is 0.263 e. The molecule has 2 heterocycles. The van der Waals surface area contributed by atoms with Crippen molar-refractivity contribution in [2.24, 2.45) is 0 Å². The highest BCUT2D eigenvalue weighted by Crippen LogP contribution is 2.24. The first-order valence-electron chi connectivity index (χ1n) is 10.0. The van der Waals surface area contributed by atoms with Gasteiger partial charge in [-0.15, -0.1) is 11.8 Å². The largest absolute Gasteiger partial charge is 0.324 e. The van der Waals surface area contributed by atoms with Gasteiger partial charge in [-0.25, -0.2) is 0 Å². The van der Waals surface area contributed by atoms with Crippen LogP contribution in [0.5, 0.6) is 0 Å². The normalized spacial score (nSPS) is 15.6. The Morgan fingerprint density at radius 3 is 2.65 bits per heavy atom. The first-order chi connectivity index (χ1) is 15.0. The van der Waals surface area contributed by atoms with Gasteiger partial charge in [0.15, 0.2) is 0 Å². The van der Waals surface area contributed by atoms with E-state index in [-0.39, 0.29) is 17.0 Å². The van der Waals surface area contributed by atoms with Crippen LogP contribution in [-0.4, -0.2) is 39.0 Å². The molecule has 0 spiro atoms. The molecule has 1 fully saturated rings. The summed E-state index contributed by atoms with van der Waals surface area (Å²) in [5.41, 5.74) is 2.43. The number of aromatic nitrogens is 1. The Morgan fingerprint density at radius 2 is 1.87 bits per heavy atom. The Labute approximate surface area is 184 Å². The summed E-state index contributed by atoms with van der Waals surface area (Å²) >= 11 is 1.50. The van der Waals surface area contributed by atoms with Gasteiger partial charge < -0.3 is 14.8 Å². The van der Waals surface area contributed by atoms with E-state index in [2.05, 4.69) is 5.32 Å². The summed E-state index contributed by atoms with van der Waals surface area (Å²) in [5.74, 6) is 0.206. The number of benzene rings is 2. The van der Waals surface area contributed by atoms with Crippen molar-refractivity contribution in [2.75, 3.05) is 16.9 Å². The van der Waals surface area contributed by atoms with E-state index in [9.17, 15) is 14.4 Å². The van der Waals surface area contributed by atoms with Gasteiger partial charge in [-0.2, -0.15) is 0 Å². The van der Waals surface area contributed by atoms with Gasteiger partial charge in [0.05, 0.1) is 12.4 Å². The summed E-state index contributed by atoms with van der Waals surface area (Å²) in [4.78, 5) is 40.5. The lowest BCUT2D eigenvalue weighted by molar-refractivity contribution is -0.119. The summed E-state index contributed by atoms with van der Waals surface area (Å²) in [6, 6.07) is 19.7. The molecule has 0 saturated carbocycles. The lowest BCUT2D eigenvalue weighted by Gasteiger charge is -2.23. The SMILES string of the molecule is Cc1cccc(NC(=O)C2CSCN2C(=O)c2cccn(Cc3ccccc3)c2=O)c1. The number of aryl methyl sites for hydroxylation is 1. The molecule has 2 aromatic carbocycles. The quantitative estimate of drug-likeness (QED) is 0.670. The van der Waals surface area contributed by atoms with Gasteiger partial charge in [0.1, 0.15) is 11.6 Å². The highest BCUT2D eigenvalue weighted by Gasteiger charge is 2.36. The first-order valence-corrected chi connectivity index (χ1v) is 11.2. The summed E-state index contributed by atoms with van der Waals surface area (Å²) in [6.45, 7) is 2.33. The van der Waals surface area contributed by atoms with E-state index >= 15 is 0 Å². The number of nitrogens with one attached hydrogen (secondary N) is 1. The fourth-order valence-electron chi connectivity index (χ4n) is 3.57. The van der Waals surface area contributed by atoms with Gasteiger partial charge in [-0.3, -0.25) is 14.4 Å². The summed E-state index contributed by atoms with van der Waals surface area (Å²) < 4.78 is 1.52. The number of thioether (sulfide) groups is 1. The molecule has 1 N–H and O–H groups in total. The molecule has 1 saturated heterocycles. The average Bonchev–Trinajstić information content (AvgIpc) is 3.26. The molecule has 1 aliphatic rings. The number of anilines is 1. The third-order valence-corrected chi connectivity index (χ3v) is 6.19. The molecule has 0 radical (unpaired) electrons. The molecule has 1 aromatic heterocycles. The summed E-state index contributed by atoms with van der Waals surface area (Å²) in [6.07, 6.45) is 1.67. The van der Waals surface area contributed by atoms with Crippen molar-refractivity contribution in [3.8, 4) is 0 Å². The van der Waals surface area contributed by atoms with Gasteiger partial charge in [0.25, 0.3) is 11.5 Å². The van der Waals surface area contributed by atoms with E-state index in [4.69, 9.17) is 0 Å². The molecular weight excluding hydrogens is 410 g/mol. The molecule has 4 rings (SSSR count). The average molecular weight is 434 g/mol. The van der Waals surface area contributed by atoms with Crippen molar-refractivity contribution >= 4 is 29.3 Å². The molecule has 6 nitrogen and oxygen atoms in total. The lowest BCUT2D eigenvalue weighted by atomic mass is 10.1. The maximum absolute atomic E-state index is 13.2. The van der Waals surface area contributed by atoms with Crippen molar-refractivity contribution in [1.82, 2.24) is 9.47 Å². The topological polar surface area (TPSA) is 71.4 Å². The van der Waals surface area contributed by atoms with Gasteiger partial charge in [0, 0.05) is 17.6 Å². The van der Waals surface area contributed by atoms with Crippen LogP contribution in [-0.2, 0) is 11.3 Å². The smallest absolute Gasteiger partial charge is 0.263 e. The molecule has 0 bridgehead atoms. The molecule has 2 amide bonds. The zero-order valence-corrected chi connectivity index (χ0v) is 18.0. The van der Waals surface area contributed by atoms with Crippen LogP contribution < -0.4 is 10.9 Å². The predicted molar refractivity (Wildman–Crippen MR) is 123 cm³/mol. The van der Waals surface area contributed by atoms with Crippen molar-refractivity contribution in [3.63, 3.8) is 0 Å². The van der Waals surface area contributed by atoms with E-state index in [0.29, 0.717) is 23.9 Å². The van der Waals surface area contributed by atoms with Gasteiger partial charge in [-0.1, -0.05) is 42.5 Å². The van der Waals surface area contributed by atoms with Crippen LogP contribution in [0.15, 0.2) is 77.7 Å². The highest BCUT2D eigenvalue weighted by molar-refractivity contribution is 7.99. The second-order valence-electron chi connectivity index (χ2n) is 7.49. The number of rotatable bonds is 5. The second-order valence-corrected chi connectivity index (χ2v) is 8.49. The van der Waals surface area contributed by atoms with E-state index in [1.807, 2.05) is 61.5 Å². The van der Waals surface area contributed by atoms with E-state index < -0.39 is 11.9 Å². The number of carbonyl (C=O) groups is 2. The van der Waals surface area contributed by atoms with Crippen LogP contribution in [0, 0.1) is 6.92 Å². The number of hydrogen-bond donors (Lipinski definition) is 1. The van der Waals surface area contributed by atoms with Crippen molar-refractivity contribution in [3.05, 3.63) is 100.0 Å². The number of amides is 2. The van der Waals surface area contributed by atoms with Crippen LogP contribution in [0.4, 0.5) is 5.69 Å². The molecule has 1 aliphatic heterocycles. The van der Waals surface area contributed by atoms with Crippen LogP contribution in [0.25, 0.3) is 0 Å². The minimum absolute atomic E-state index is 0.0780. The molecule has 7 heteroatoms. The Bertz CT molecular complexity index is 1160. The molecule has 3 aromatic rings. The number of pyridine rings is 1. The molecule has 0 aliphatic carbocycles. The minimum Gasteiger partial charge on any atom is -0.324 e. The van der Waals surface area contributed by atoms with Gasteiger partial charge in [0.2, 0.25) is 5.91 Å². The Morgan fingerprint density at radius 1 is 1.06 bits per heavy atom. The Balaban J connectivity index is 1.53. The van der Waals surface area contributed by atoms with Crippen molar-refractivity contribution in [2.45, 2.75) is 19.5 Å². The fraction of sp³-hybridized carbons (Fsp3) is 0.208. The second kappa shape index (κ2) is 9.22. The minimum atomic E-state index is -0.625. The monoisotopic (exact) mass is 433 g/mol. The van der Waals surface area contributed by atoms with E-state index in [0.717, 1.165) is 11.1 Å². The lowest BCUT2D eigenvalue weighted by Crippen LogP contribution is -2.46. The number of hydrogen-bond acceptors (Lipinski definition) is 4. The van der Waals surface area contributed by atoms with Crippen LogP contribution in [0.3, 0.4) is 0 Å². The van der Waals surface area contributed by atoms with Crippen molar-refractivity contribution < 1.29 is 9.59 Å². The number of carbonyl (C=O) groups excluding carboxylic acids is 2. The Hall–Kier alpha value is -3.32. The standard InChI is InChI=1S/C24H23N3O3S/c1-17-7-5-10-19(13-17)25-22(28)21-15-31-16-27(21)24(30)20-11-6-12-26(23(20)29)14-18-8-3-2-4-9-18/h2-13,21H,14-16H2,1H3,(H,25,28). The molecule has 1 unspecified atom stereocenters. The van der Waals surface area contributed by atoms with Crippen LogP contribution in [0.2, 0.25) is 0 Å². The molecular formula is C24H23N3O3S. The zero-order valence-electron chi connectivity index (χ0n) is 17.2. The maximum atomic E-state index is 13.2. The molecule has 31 heavy (non-hydrogen) atoms. The highest BCUT2D eigenvalue weighted by atomic mass is 32.2. The van der Waals surface area contributed by atoms with Crippen LogP contribution >= 0.6 is 11.8 Å². The number of nitrogens with zero attached hydrogens (tertiary/aromatic N) is 2. The fourth-order valence-corrected chi connectivity index (χ4v) is 4.72. The van der Waals surface area contributed by atoms with Gasteiger partial charge >= 0.3 is 0 Å². The summed E-state index contributed by atoms with van der Waals surface area (Å²) in [5, 5.41) is 2.89. The van der Waals surface area contributed by atoms with E-state index in [1.54, 1.807) is 12.3 Å². The Kier molecular flexibility index (Phi) is 6.23. The van der Waals surface area contributed by atoms with Gasteiger partial charge in [-0.05, 0) is 42.3 Å². The molecule has 1 atom stereocenters. The van der Waals surface area contributed by atoms with E-state index in [1.165, 1.54) is 27.3 Å². The third-order valence-electron chi connectivity index (χ3n) is 5.18. The van der Waals surface area contributed by atoms with Crippen molar-refractivity contribution in [1.29, 1.82) is 0 Å². The first kappa shape index (κ1) is 20.9.